The summed E-state index contributed by atoms with van der Waals surface area (Å²) in [7, 11) is -12.0. The van der Waals surface area contributed by atoms with Gasteiger partial charge in [0.05, 0.1) is 0 Å². The predicted molar refractivity (Wildman–Crippen MR) is 36.3 cm³/mol. The number of hydrogen-bond donors (Lipinski definition) is 0. The summed E-state index contributed by atoms with van der Waals surface area (Å²) >= 11 is 0. The summed E-state index contributed by atoms with van der Waals surface area (Å²) in [4.78, 5) is 0. The fourth-order valence-corrected chi connectivity index (χ4v) is 0. The molecule has 0 aromatic rings. The molecule has 0 fully saturated rings. The second-order valence-electron chi connectivity index (χ2n) is 1.70. The first kappa shape index (κ1) is 18.4. The molecule has 0 aromatic carbocycles. The maximum absolute atomic E-state index is 9.75. The van der Waals surface area contributed by atoms with Crippen LogP contribution in [0.25, 0.3) is 0 Å². The summed E-state index contributed by atoms with van der Waals surface area (Å²) in [6.45, 7) is 4.25. The van der Waals surface area contributed by atoms with Crippen LogP contribution in [0.4, 0.5) is 34.5 Å². The van der Waals surface area contributed by atoms with Gasteiger partial charge in [-0.25, -0.2) is 0 Å². The SMILES string of the molecule is CCC.F[B-](F)(F)F.F[B-](F)(F)F. The van der Waals surface area contributed by atoms with Gasteiger partial charge in [-0.05, 0) is 0 Å². The number of rotatable bonds is 0. The minimum absolute atomic E-state index is 1.25. The minimum Gasteiger partial charge on any atom is -0.418 e. The van der Waals surface area contributed by atoms with Crippen molar-refractivity contribution in [2.75, 3.05) is 0 Å². The average molecular weight is 218 g/mol. The lowest BCUT2D eigenvalue weighted by molar-refractivity contribution is 0.366. The fraction of sp³-hybridized carbons (Fsp3) is 1.00. The molecule has 0 radical (unpaired) electrons. The zero-order chi connectivity index (χ0) is 11.7. The molecule has 0 saturated carbocycles. The Labute approximate surface area is 70.5 Å². The molecule has 10 heteroatoms. The maximum atomic E-state index is 9.75. The second-order valence-corrected chi connectivity index (χ2v) is 1.70. The standard InChI is InChI=1S/C3H8.2BF4/c1-3-2;2*2-1(3,4)5/h3H2,1-2H3;;/q;2*-1. The van der Waals surface area contributed by atoms with Crippen LogP contribution in [-0.4, -0.2) is 14.5 Å². The van der Waals surface area contributed by atoms with Gasteiger partial charge in [-0.1, -0.05) is 20.3 Å². The molecule has 0 N–H and O–H groups in total. The predicted octanol–water partition coefficient (Wildman–Crippen LogP) is 4.02. The van der Waals surface area contributed by atoms with E-state index in [1.54, 1.807) is 0 Å². The smallest absolute Gasteiger partial charge is 0.418 e. The van der Waals surface area contributed by atoms with Gasteiger partial charge in [-0.3, -0.25) is 0 Å². The Morgan fingerprint density at radius 2 is 0.615 bits per heavy atom. The molecule has 0 nitrogen and oxygen atoms in total. The summed E-state index contributed by atoms with van der Waals surface area (Å²) < 4.78 is 78.0. The van der Waals surface area contributed by atoms with Gasteiger partial charge in [0.2, 0.25) is 0 Å². The molecule has 0 aliphatic heterocycles. The monoisotopic (exact) mass is 218 g/mol. The summed E-state index contributed by atoms with van der Waals surface area (Å²) in [6.07, 6.45) is 1.25. The van der Waals surface area contributed by atoms with Gasteiger partial charge in [0, 0.05) is 0 Å². The zero-order valence-electron chi connectivity index (χ0n) is 6.89. The summed E-state index contributed by atoms with van der Waals surface area (Å²) in [5, 5.41) is 0. The van der Waals surface area contributed by atoms with Crippen molar-refractivity contribution in [2.24, 2.45) is 0 Å². The Morgan fingerprint density at radius 3 is 0.615 bits per heavy atom. The lowest BCUT2D eigenvalue weighted by Crippen LogP contribution is -2.02. The third-order valence-electron chi connectivity index (χ3n) is 0. The van der Waals surface area contributed by atoms with Crippen LogP contribution in [0.5, 0.6) is 0 Å². The lowest BCUT2D eigenvalue weighted by Gasteiger charge is -1.94. The van der Waals surface area contributed by atoms with Crippen molar-refractivity contribution in [3.63, 3.8) is 0 Å². The lowest BCUT2D eigenvalue weighted by atomic mass is 10.3. The molecule has 0 bridgehead atoms. The molecule has 0 amide bonds. The summed E-state index contributed by atoms with van der Waals surface area (Å²) in [6, 6.07) is 0. The van der Waals surface area contributed by atoms with E-state index >= 15 is 0 Å². The van der Waals surface area contributed by atoms with E-state index in [9.17, 15) is 34.5 Å². The summed E-state index contributed by atoms with van der Waals surface area (Å²) in [5.74, 6) is 0. The Bertz CT molecular complexity index is 70.5. The quantitative estimate of drug-likeness (QED) is 0.425. The third-order valence-corrected chi connectivity index (χ3v) is 0. The first-order chi connectivity index (χ1) is 5.41. The van der Waals surface area contributed by atoms with Crippen LogP contribution in [0.2, 0.25) is 0 Å². The Hall–Kier alpha value is -0.430. The molecule has 0 heterocycles. The van der Waals surface area contributed by atoms with Crippen molar-refractivity contribution in [1.82, 2.24) is 0 Å². The molecule has 0 unspecified atom stereocenters. The molecule has 0 saturated heterocycles. The van der Waals surface area contributed by atoms with Crippen molar-refractivity contribution in [3.8, 4) is 0 Å². The highest BCUT2D eigenvalue weighted by Gasteiger charge is 2.21. The van der Waals surface area contributed by atoms with Crippen LogP contribution >= 0.6 is 0 Å². The van der Waals surface area contributed by atoms with E-state index in [2.05, 4.69) is 13.8 Å². The molecule has 0 spiro atoms. The molecule has 84 valence electrons. The number of hydrogen-bond acceptors (Lipinski definition) is 0. The third kappa shape index (κ3) is 5730. The van der Waals surface area contributed by atoms with Crippen molar-refractivity contribution >= 4 is 14.5 Å². The van der Waals surface area contributed by atoms with Crippen LogP contribution in [0, 0.1) is 0 Å². The van der Waals surface area contributed by atoms with Crippen LogP contribution in [0.3, 0.4) is 0 Å². The highest BCUT2D eigenvalue weighted by atomic mass is 19.5. The van der Waals surface area contributed by atoms with Crippen molar-refractivity contribution in [1.29, 1.82) is 0 Å². The van der Waals surface area contributed by atoms with Gasteiger partial charge in [-0.2, -0.15) is 0 Å². The molecule has 0 aromatic heterocycles. The normalized spacial score (nSPS) is 10.6. The Morgan fingerprint density at radius 1 is 0.615 bits per heavy atom. The van der Waals surface area contributed by atoms with Crippen molar-refractivity contribution in [2.45, 2.75) is 20.3 Å². The van der Waals surface area contributed by atoms with Crippen LogP contribution < -0.4 is 0 Å². The molecule has 0 atom stereocenters. The average Bonchev–Trinajstić information content (AvgIpc) is 1.52. The highest BCUT2D eigenvalue weighted by molar-refractivity contribution is 6.50. The molecular weight excluding hydrogens is 210 g/mol. The van der Waals surface area contributed by atoms with Gasteiger partial charge >= 0.3 is 14.5 Å². The second kappa shape index (κ2) is 8.18. The molecule has 0 rings (SSSR count). The van der Waals surface area contributed by atoms with Crippen molar-refractivity contribution < 1.29 is 34.5 Å². The van der Waals surface area contributed by atoms with E-state index in [0.717, 1.165) is 0 Å². The number of halogens is 8. The minimum atomic E-state index is -6.00. The topological polar surface area (TPSA) is 0 Å². The molecular formula is C3H8B2F8-2. The van der Waals surface area contributed by atoms with Crippen LogP contribution in [0.1, 0.15) is 20.3 Å². The zero-order valence-corrected chi connectivity index (χ0v) is 6.89. The van der Waals surface area contributed by atoms with E-state index in [-0.39, 0.29) is 0 Å². The molecule has 0 aliphatic carbocycles. The van der Waals surface area contributed by atoms with Gasteiger partial charge in [-0.15, -0.1) is 0 Å². The Kier molecular flexibility index (Phi) is 11.6. The van der Waals surface area contributed by atoms with E-state index < -0.39 is 14.5 Å². The molecule has 13 heavy (non-hydrogen) atoms. The van der Waals surface area contributed by atoms with Crippen LogP contribution in [-0.2, 0) is 0 Å². The maximum Gasteiger partial charge on any atom is 0.673 e. The van der Waals surface area contributed by atoms with E-state index in [1.165, 1.54) is 6.42 Å². The first-order valence-corrected chi connectivity index (χ1v) is 3.16. The highest BCUT2D eigenvalue weighted by Crippen LogP contribution is 2.07. The largest absolute Gasteiger partial charge is 0.673 e. The van der Waals surface area contributed by atoms with Gasteiger partial charge in [0.1, 0.15) is 0 Å². The van der Waals surface area contributed by atoms with E-state index in [0.29, 0.717) is 0 Å². The van der Waals surface area contributed by atoms with Gasteiger partial charge in [0.25, 0.3) is 0 Å². The van der Waals surface area contributed by atoms with Crippen molar-refractivity contribution in [3.05, 3.63) is 0 Å². The summed E-state index contributed by atoms with van der Waals surface area (Å²) in [5.41, 5.74) is 0. The Balaban J connectivity index is -0.000000120. The van der Waals surface area contributed by atoms with E-state index in [4.69, 9.17) is 0 Å². The van der Waals surface area contributed by atoms with Gasteiger partial charge < -0.3 is 34.5 Å². The molecule has 0 aliphatic rings. The first-order valence-electron chi connectivity index (χ1n) is 3.16. The van der Waals surface area contributed by atoms with E-state index in [1.807, 2.05) is 0 Å². The fourth-order valence-electron chi connectivity index (χ4n) is 0. The van der Waals surface area contributed by atoms with Gasteiger partial charge in [0.15, 0.2) is 0 Å². The van der Waals surface area contributed by atoms with Crippen LogP contribution in [0.15, 0.2) is 0 Å².